The molecule has 0 aliphatic rings. The van der Waals surface area contributed by atoms with Gasteiger partial charge in [-0.1, -0.05) is 25.9 Å². The summed E-state index contributed by atoms with van der Waals surface area (Å²) in [5, 5.41) is 10.2. The summed E-state index contributed by atoms with van der Waals surface area (Å²) in [5.74, 6) is 1.17. The van der Waals surface area contributed by atoms with Crippen molar-refractivity contribution in [1.29, 1.82) is 0 Å². The Labute approximate surface area is 136 Å². The minimum absolute atomic E-state index is 0.0808. The van der Waals surface area contributed by atoms with Gasteiger partial charge in [0.1, 0.15) is 6.04 Å². The Balaban J connectivity index is 2.11. The molecule has 0 unspecified atom stereocenters. The van der Waals surface area contributed by atoms with E-state index in [1.54, 1.807) is 0 Å². The van der Waals surface area contributed by atoms with Gasteiger partial charge in [-0.15, -0.1) is 0 Å². The summed E-state index contributed by atoms with van der Waals surface area (Å²) in [4.78, 5) is 15.6. The maximum absolute atomic E-state index is 11.1. The van der Waals surface area contributed by atoms with Crippen LogP contribution in [0.3, 0.4) is 0 Å². The van der Waals surface area contributed by atoms with Gasteiger partial charge in [-0.3, -0.25) is 4.79 Å². The molecule has 0 spiro atoms. The van der Waals surface area contributed by atoms with E-state index >= 15 is 0 Å². The number of amides is 1. The molecule has 1 aromatic carbocycles. The summed E-state index contributed by atoms with van der Waals surface area (Å²) in [7, 11) is 0. The van der Waals surface area contributed by atoms with Crippen molar-refractivity contribution >= 4 is 17.3 Å². The second-order valence-corrected chi connectivity index (χ2v) is 6.78. The van der Waals surface area contributed by atoms with E-state index in [2.05, 4.69) is 20.8 Å². The number of carbonyl (C=O) groups excluding carboxylic acids is 1. The molecule has 1 atom stereocenters. The van der Waals surface area contributed by atoms with Crippen LogP contribution in [0.1, 0.15) is 57.9 Å². The first kappa shape index (κ1) is 17.0. The molecule has 1 aromatic heterocycles. The van der Waals surface area contributed by atoms with E-state index < -0.39 is 0 Å². The van der Waals surface area contributed by atoms with Crippen LogP contribution in [-0.2, 0) is 10.2 Å². The molecular weight excluding hydrogens is 292 g/mol. The molecule has 1 amide bonds. The lowest BCUT2D eigenvalue weighted by molar-refractivity contribution is -0.114. The molecule has 0 bridgehead atoms. The van der Waals surface area contributed by atoms with Gasteiger partial charge >= 0.3 is 0 Å². The van der Waals surface area contributed by atoms with E-state index in [0.29, 0.717) is 11.7 Å². The Kier molecular flexibility index (Phi) is 4.73. The molecule has 0 aliphatic heterocycles. The van der Waals surface area contributed by atoms with E-state index in [-0.39, 0.29) is 17.4 Å². The molecule has 0 saturated heterocycles. The van der Waals surface area contributed by atoms with Gasteiger partial charge in [-0.05, 0) is 37.6 Å². The van der Waals surface area contributed by atoms with Gasteiger partial charge in [-0.25, -0.2) is 0 Å². The van der Waals surface area contributed by atoms with Gasteiger partial charge in [0.05, 0.1) is 0 Å². The molecule has 2 rings (SSSR count). The lowest BCUT2D eigenvalue weighted by Gasteiger charge is -2.14. The summed E-state index contributed by atoms with van der Waals surface area (Å²) in [5.41, 5.74) is 2.58. The van der Waals surface area contributed by atoms with Crippen molar-refractivity contribution in [2.24, 2.45) is 0 Å². The zero-order valence-electron chi connectivity index (χ0n) is 14.5. The Bertz CT molecular complexity index is 701. The summed E-state index contributed by atoms with van der Waals surface area (Å²) in [6.45, 7) is 11.6. The van der Waals surface area contributed by atoms with Crippen LogP contribution in [0, 0.1) is 6.92 Å². The zero-order valence-corrected chi connectivity index (χ0v) is 14.5. The van der Waals surface area contributed by atoms with Crippen LogP contribution in [0.5, 0.6) is 0 Å². The smallest absolute Gasteiger partial charge is 0.248 e. The zero-order chi connectivity index (χ0) is 17.2. The number of hydrogen-bond acceptors (Lipinski definition) is 5. The molecule has 1 heterocycles. The second kappa shape index (κ2) is 6.40. The Morgan fingerprint density at radius 1 is 1.30 bits per heavy atom. The fourth-order valence-electron chi connectivity index (χ4n) is 2.11. The van der Waals surface area contributed by atoms with E-state index in [1.807, 2.05) is 52.8 Å². The van der Waals surface area contributed by atoms with Crippen molar-refractivity contribution in [3.8, 4) is 0 Å². The number of anilines is 2. The number of aryl methyl sites for hydroxylation is 1. The Hall–Kier alpha value is -2.37. The van der Waals surface area contributed by atoms with Crippen LogP contribution < -0.4 is 10.6 Å². The largest absolute Gasteiger partial charge is 0.374 e. The number of rotatable bonds is 4. The third kappa shape index (κ3) is 4.31. The summed E-state index contributed by atoms with van der Waals surface area (Å²) in [6.07, 6.45) is 0. The normalized spacial score (nSPS) is 12.8. The number of benzene rings is 1. The highest BCUT2D eigenvalue weighted by molar-refractivity contribution is 5.89. The quantitative estimate of drug-likeness (QED) is 0.896. The molecule has 124 valence electrons. The van der Waals surface area contributed by atoms with Crippen molar-refractivity contribution in [2.45, 2.75) is 53.0 Å². The highest BCUT2D eigenvalue weighted by Crippen LogP contribution is 2.25. The first-order valence-corrected chi connectivity index (χ1v) is 7.65. The lowest BCUT2D eigenvalue weighted by atomic mass is 9.96. The van der Waals surface area contributed by atoms with Gasteiger partial charge < -0.3 is 15.2 Å². The summed E-state index contributed by atoms with van der Waals surface area (Å²) >= 11 is 0. The fraction of sp³-hybridized carbons (Fsp3) is 0.471. The maximum atomic E-state index is 11.1. The van der Waals surface area contributed by atoms with Crippen LogP contribution in [0.15, 0.2) is 22.7 Å². The number of hydrogen-bond donors (Lipinski definition) is 2. The first-order valence-electron chi connectivity index (χ1n) is 7.65. The van der Waals surface area contributed by atoms with Gasteiger partial charge in [0.25, 0.3) is 0 Å². The van der Waals surface area contributed by atoms with Gasteiger partial charge in [0.15, 0.2) is 5.82 Å². The monoisotopic (exact) mass is 316 g/mol. The van der Waals surface area contributed by atoms with E-state index in [0.717, 1.165) is 16.9 Å². The van der Waals surface area contributed by atoms with E-state index in [9.17, 15) is 4.79 Å². The SMILES string of the molecule is CC(=O)Nc1ccc(N[C@@H](C)c2nc(C(C)(C)C)no2)cc1C. The molecular formula is C17H24N4O2. The second-order valence-electron chi connectivity index (χ2n) is 6.78. The van der Waals surface area contributed by atoms with Crippen LogP contribution >= 0.6 is 0 Å². The number of aromatic nitrogens is 2. The molecule has 2 N–H and O–H groups in total. The average Bonchev–Trinajstić information content (AvgIpc) is 2.91. The average molecular weight is 316 g/mol. The Morgan fingerprint density at radius 3 is 2.52 bits per heavy atom. The number of carbonyl (C=O) groups is 1. The van der Waals surface area contributed by atoms with Crippen LogP contribution in [0.2, 0.25) is 0 Å². The Morgan fingerprint density at radius 2 is 2.00 bits per heavy atom. The molecule has 0 aliphatic carbocycles. The van der Waals surface area contributed by atoms with Crippen molar-refractivity contribution in [3.05, 3.63) is 35.5 Å². The molecule has 6 nitrogen and oxygen atoms in total. The lowest BCUT2D eigenvalue weighted by Crippen LogP contribution is -2.14. The van der Waals surface area contributed by atoms with Crippen molar-refractivity contribution < 1.29 is 9.32 Å². The minimum atomic E-state index is -0.141. The summed E-state index contributed by atoms with van der Waals surface area (Å²) in [6, 6.07) is 5.66. The standard InChI is InChI=1S/C17H24N4O2/c1-10-9-13(7-8-14(10)19-12(3)22)18-11(2)15-20-16(21-23-15)17(4,5)6/h7-9,11,18H,1-6H3,(H,19,22)/t11-/m0/s1. The summed E-state index contributed by atoms with van der Waals surface area (Å²) < 4.78 is 5.35. The molecule has 2 aromatic rings. The van der Waals surface area contributed by atoms with E-state index in [1.165, 1.54) is 6.92 Å². The third-order valence-electron chi connectivity index (χ3n) is 3.40. The van der Waals surface area contributed by atoms with Crippen molar-refractivity contribution in [1.82, 2.24) is 10.1 Å². The van der Waals surface area contributed by atoms with Crippen LogP contribution in [0.25, 0.3) is 0 Å². The third-order valence-corrected chi connectivity index (χ3v) is 3.40. The molecule has 0 radical (unpaired) electrons. The highest BCUT2D eigenvalue weighted by Gasteiger charge is 2.23. The van der Waals surface area contributed by atoms with Crippen LogP contribution in [0.4, 0.5) is 11.4 Å². The van der Waals surface area contributed by atoms with Gasteiger partial charge in [0, 0.05) is 23.7 Å². The number of nitrogens with one attached hydrogen (secondary N) is 2. The van der Waals surface area contributed by atoms with E-state index in [4.69, 9.17) is 4.52 Å². The van der Waals surface area contributed by atoms with Gasteiger partial charge in [-0.2, -0.15) is 4.98 Å². The number of nitrogens with zero attached hydrogens (tertiary/aromatic N) is 2. The molecule has 0 fully saturated rings. The highest BCUT2D eigenvalue weighted by atomic mass is 16.5. The van der Waals surface area contributed by atoms with Crippen molar-refractivity contribution in [3.63, 3.8) is 0 Å². The van der Waals surface area contributed by atoms with Crippen LogP contribution in [-0.4, -0.2) is 16.0 Å². The first-order chi connectivity index (χ1) is 10.7. The molecule has 6 heteroatoms. The molecule has 0 saturated carbocycles. The van der Waals surface area contributed by atoms with Crippen molar-refractivity contribution in [2.75, 3.05) is 10.6 Å². The predicted octanol–water partition coefficient (Wildman–Crippen LogP) is 3.81. The van der Waals surface area contributed by atoms with Gasteiger partial charge in [0.2, 0.25) is 11.8 Å². The molecule has 23 heavy (non-hydrogen) atoms. The topological polar surface area (TPSA) is 80.0 Å². The maximum Gasteiger partial charge on any atom is 0.248 e. The predicted molar refractivity (Wildman–Crippen MR) is 90.5 cm³/mol. The minimum Gasteiger partial charge on any atom is -0.374 e. The fourth-order valence-corrected chi connectivity index (χ4v) is 2.11.